The number of benzene rings is 1. The van der Waals surface area contributed by atoms with Crippen molar-refractivity contribution in [3.8, 4) is 17.3 Å². The second-order valence-corrected chi connectivity index (χ2v) is 10.0. The predicted molar refractivity (Wildman–Crippen MR) is 137 cm³/mol. The summed E-state index contributed by atoms with van der Waals surface area (Å²) in [5.41, 5.74) is 4.16. The van der Waals surface area contributed by atoms with Gasteiger partial charge in [-0.3, -0.25) is 4.79 Å². The monoisotopic (exact) mass is 497 g/mol. The number of fused-ring (bicyclic) bond motifs is 1. The number of ether oxygens (including phenoxy) is 2. The zero-order chi connectivity index (χ0) is 24.4. The normalized spacial score (nSPS) is 20.7. The lowest BCUT2D eigenvalue weighted by Gasteiger charge is -2.28. The zero-order valence-electron chi connectivity index (χ0n) is 20.3. The molecule has 1 amide bonds. The van der Waals surface area contributed by atoms with Crippen LogP contribution in [-0.2, 0) is 9.53 Å². The lowest BCUT2D eigenvalue weighted by Crippen LogP contribution is -2.36. The van der Waals surface area contributed by atoms with E-state index in [0.717, 1.165) is 63.1 Å². The molecule has 1 N–H and O–H groups in total. The Hall–Kier alpha value is -2.84. The highest BCUT2D eigenvalue weighted by molar-refractivity contribution is 6.33. The molecule has 1 saturated carbocycles. The predicted octanol–water partition coefficient (Wildman–Crippen LogP) is 4.53. The Morgan fingerprint density at radius 3 is 2.54 bits per heavy atom. The molecule has 0 bridgehead atoms. The van der Waals surface area contributed by atoms with E-state index in [0.29, 0.717) is 34.7 Å². The molecule has 0 atom stereocenters. The maximum atomic E-state index is 12.0. The quantitative estimate of drug-likeness (QED) is 0.538. The van der Waals surface area contributed by atoms with E-state index in [2.05, 4.69) is 27.0 Å². The van der Waals surface area contributed by atoms with Crippen molar-refractivity contribution in [1.82, 2.24) is 19.9 Å². The highest BCUT2D eigenvalue weighted by Crippen LogP contribution is 2.33. The Kier molecular flexibility index (Phi) is 7.11. The lowest BCUT2D eigenvalue weighted by atomic mass is 9.85. The summed E-state index contributed by atoms with van der Waals surface area (Å²) in [7, 11) is 3.62. The molecule has 8 nitrogen and oxygen atoms in total. The lowest BCUT2D eigenvalue weighted by molar-refractivity contribution is -0.130. The van der Waals surface area contributed by atoms with Crippen molar-refractivity contribution in [2.24, 2.45) is 5.92 Å². The van der Waals surface area contributed by atoms with Crippen molar-refractivity contribution >= 4 is 34.4 Å². The van der Waals surface area contributed by atoms with Crippen LogP contribution in [0.2, 0.25) is 5.02 Å². The molecule has 5 rings (SSSR count). The van der Waals surface area contributed by atoms with E-state index >= 15 is 0 Å². The van der Waals surface area contributed by atoms with Crippen molar-refractivity contribution in [1.29, 1.82) is 0 Å². The van der Waals surface area contributed by atoms with Gasteiger partial charge in [-0.1, -0.05) is 23.7 Å². The first-order valence-corrected chi connectivity index (χ1v) is 12.7. The van der Waals surface area contributed by atoms with Crippen molar-refractivity contribution < 1.29 is 14.3 Å². The molecular formula is C26H32ClN5O3. The minimum absolute atomic E-state index is 0.0870. The van der Waals surface area contributed by atoms with Gasteiger partial charge in [0.05, 0.1) is 29.4 Å². The Bertz CT molecular complexity index is 1170. The van der Waals surface area contributed by atoms with Gasteiger partial charge in [-0.15, -0.1) is 0 Å². The molecule has 2 aromatic heterocycles. The smallest absolute Gasteiger partial charge is 0.296 e. The number of pyridine rings is 1. The third-order valence-electron chi connectivity index (χ3n) is 6.96. The van der Waals surface area contributed by atoms with Crippen molar-refractivity contribution in [3.63, 3.8) is 0 Å². The summed E-state index contributed by atoms with van der Waals surface area (Å²) < 4.78 is 11.6. The largest absolute Gasteiger partial charge is 0.461 e. The number of imidazole rings is 1. The number of carbonyl (C=O) groups excluding carboxylic acids is 1. The van der Waals surface area contributed by atoms with Gasteiger partial charge in [-0.05, 0) is 49.8 Å². The van der Waals surface area contributed by atoms with Gasteiger partial charge in [-0.25, -0.2) is 4.98 Å². The SMILES string of the molecule is CN(C)C(=O)CC1CCC(Oc2nc3nc(-c4ccc(N5CCOCC5)cc4)c(Cl)cc3[nH]2)CC1. The number of anilines is 1. The minimum atomic E-state index is 0.0870. The van der Waals surface area contributed by atoms with Crippen LogP contribution < -0.4 is 9.64 Å². The first kappa shape index (κ1) is 23.9. The molecule has 0 unspecified atom stereocenters. The molecule has 9 heteroatoms. The number of aromatic amines is 1. The van der Waals surface area contributed by atoms with E-state index in [-0.39, 0.29) is 12.0 Å². The summed E-state index contributed by atoms with van der Waals surface area (Å²) in [6, 6.07) is 10.6. The highest BCUT2D eigenvalue weighted by Gasteiger charge is 2.25. The van der Waals surface area contributed by atoms with Crippen LogP contribution in [-0.4, -0.2) is 72.3 Å². The first-order valence-electron chi connectivity index (χ1n) is 12.3. The molecule has 1 aliphatic heterocycles. The molecule has 2 fully saturated rings. The van der Waals surface area contributed by atoms with E-state index in [1.54, 1.807) is 4.90 Å². The molecule has 1 aliphatic carbocycles. The molecule has 0 radical (unpaired) electrons. The second kappa shape index (κ2) is 10.4. The fraction of sp³-hybridized carbons (Fsp3) is 0.500. The summed E-state index contributed by atoms with van der Waals surface area (Å²) in [5, 5.41) is 0.567. The number of nitrogens with zero attached hydrogens (tertiary/aromatic N) is 4. The number of nitrogens with one attached hydrogen (secondary N) is 1. The topological polar surface area (TPSA) is 83.6 Å². The van der Waals surface area contributed by atoms with Crippen LogP contribution in [0.1, 0.15) is 32.1 Å². The molecule has 1 aromatic carbocycles. The third-order valence-corrected chi connectivity index (χ3v) is 7.24. The number of halogens is 1. The van der Waals surface area contributed by atoms with Crippen LogP contribution in [0.5, 0.6) is 6.01 Å². The number of amides is 1. The van der Waals surface area contributed by atoms with Gasteiger partial charge in [0.1, 0.15) is 6.10 Å². The standard InChI is InChI=1S/C26H32ClN5O3/c1-31(2)23(33)15-17-3-9-20(10-4-17)35-26-28-22-16-21(27)24(29-25(22)30-26)18-5-7-19(8-6-18)32-11-13-34-14-12-32/h5-8,16-17,20H,3-4,9-15H2,1-2H3,(H,28,29,30). The molecule has 1 saturated heterocycles. The number of morpholine rings is 1. The van der Waals surface area contributed by atoms with E-state index in [4.69, 9.17) is 26.1 Å². The average Bonchev–Trinajstić information content (AvgIpc) is 3.26. The molecule has 2 aliphatic rings. The summed E-state index contributed by atoms with van der Waals surface area (Å²) in [5.74, 6) is 0.624. The van der Waals surface area contributed by atoms with Crippen molar-refractivity contribution in [2.45, 2.75) is 38.2 Å². The van der Waals surface area contributed by atoms with E-state index in [9.17, 15) is 4.79 Å². The zero-order valence-corrected chi connectivity index (χ0v) is 21.1. The van der Waals surface area contributed by atoms with Crippen LogP contribution in [0.25, 0.3) is 22.4 Å². The van der Waals surface area contributed by atoms with Gasteiger partial charge in [0.15, 0.2) is 5.65 Å². The van der Waals surface area contributed by atoms with Gasteiger partial charge in [0, 0.05) is 44.9 Å². The Labute approximate surface area is 210 Å². The Morgan fingerprint density at radius 1 is 1.14 bits per heavy atom. The Morgan fingerprint density at radius 2 is 1.86 bits per heavy atom. The number of aromatic nitrogens is 3. The van der Waals surface area contributed by atoms with Crippen molar-refractivity contribution in [3.05, 3.63) is 35.4 Å². The van der Waals surface area contributed by atoms with Gasteiger partial charge >= 0.3 is 0 Å². The van der Waals surface area contributed by atoms with E-state index in [1.165, 1.54) is 5.69 Å². The fourth-order valence-corrected chi connectivity index (χ4v) is 5.11. The molecule has 186 valence electrons. The van der Waals surface area contributed by atoms with Crippen LogP contribution in [0.15, 0.2) is 30.3 Å². The second-order valence-electron chi connectivity index (χ2n) is 9.63. The summed E-state index contributed by atoms with van der Waals surface area (Å²) in [4.78, 5) is 28.5. The molecule has 3 heterocycles. The maximum Gasteiger partial charge on any atom is 0.296 e. The number of H-pyrrole nitrogens is 1. The highest BCUT2D eigenvalue weighted by atomic mass is 35.5. The van der Waals surface area contributed by atoms with Gasteiger partial charge in [0.25, 0.3) is 6.01 Å². The Balaban J connectivity index is 1.25. The molecule has 3 aromatic rings. The number of hydrogen-bond acceptors (Lipinski definition) is 6. The van der Waals surface area contributed by atoms with Crippen LogP contribution in [0, 0.1) is 5.92 Å². The molecular weight excluding hydrogens is 466 g/mol. The number of hydrogen-bond donors (Lipinski definition) is 1. The van der Waals surface area contributed by atoms with Gasteiger partial charge in [-0.2, -0.15) is 4.98 Å². The fourth-order valence-electron chi connectivity index (χ4n) is 4.85. The maximum absolute atomic E-state index is 12.0. The average molecular weight is 498 g/mol. The molecule has 35 heavy (non-hydrogen) atoms. The van der Waals surface area contributed by atoms with Crippen molar-refractivity contribution in [2.75, 3.05) is 45.3 Å². The van der Waals surface area contributed by atoms with Crippen LogP contribution in [0.4, 0.5) is 5.69 Å². The van der Waals surface area contributed by atoms with E-state index in [1.807, 2.05) is 32.3 Å². The van der Waals surface area contributed by atoms with Gasteiger partial charge in [0.2, 0.25) is 5.91 Å². The molecule has 0 spiro atoms. The summed E-state index contributed by atoms with van der Waals surface area (Å²) in [6.07, 6.45) is 4.50. The summed E-state index contributed by atoms with van der Waals surface area (Å²) in [6.45, 7) is 3.31. The minimum Gasteiger partial charge on any atom is -0.461 e. The van der Waals surface area contributed by atoms with Crippen LogP contribution in [0.3, 0.4) is 0 Å². The summed E-state index contributed by atoms with van der Waals surface area (Å²) >= 11 is 6.60. The van der Waals surface area contributed by atoms with Crippen LogP contribution >= 0.6 is 11.6 Å². The first-order chi connectivity index (χ1) is 17.0. The van der Waals surface area contributed by atoms with E-state index < -0.39 is 0 Å². The third kappa shape index (κ3) is 5.54. The number of rotatable bonds is 6. The van der Waals surface area contributed by atoms with Gasteiger partial charge < -0.3 is 24.3 Å². The number of carbonyl (C=O) groups is 1.